The fourth-order valence-electron chi connectivity index (χ4n) is 3.12. The zero-order chi connectivity index (χ0) is 17.2. The van der Waals surface area contributed by atoms with Crippen LogP contribution in [0.25, 0.3) is 11.3 Å². The summed E-state index contributed by atoms with van der Waals surface area (Å²) in [5.74, 6) is -0.0709. The summed E-state index contributed by atoms with van der Waals surface area (Å²) in [6, 6.07) is 14.5. The molecule has 25 heavy (non-hydrogen) atoms. The Morgan fingerprint density at radius 1 is 1.04 bits per heavy atom. The molecular weight excluding hydrogens is 312 g/mol. The van der Waals surface area contributed by atoms with Gasteiger partial charge in [-0.1, -0.05) is 18.2 Å². The van der Waals surface area contributed by atoms with Crippen molar-refractivity contribution >= 4 is 11.6 Å². The van der Waals surface area contributed by atoms with E-state index in [1.165, 1.54) is 5.69 Å². The third-order valence-electron chi connectivity index (χ3n) is 4.93. The van der Waals surface area contributed by atoms with Crippen molar-refractivity contribution in [3.63, 3.8) is 0 Å². The normalized spacial score (nSPS) is 18.2. The average molecular weight is 336 g/mol. The lowest BCUT2D eigenvalue weighted by Crippen LogP contribution is -2.44. The molecule has 0 radical (unpaired) electrons. The number of likely N-dealkylation sites (N-methyl/N-ethyl adjacent to an activating group) is 1. The maximum absolute atomic E-state index is 12.2. The van der Waals surface area contributed by atoms with Crippen LogP contribution in [0, 0.1) is 0 Å². The lowest BCUT2D eigenvalue weighted by molar-refractivity contribution is 0.0946. The fourth-order valence-corrected chi connectivity index (χ4v) is 3.12. The zero-order valence-electron chi connectivity index (χ0n) is 14.6. The van der Waals surface area contributed by atoms with Gasteiger partial charge in [-0.2, -0.15) is 0 Å². The van der Waals surface area contributed by atoms with Crippen molar-refractivity contribution in [1.82, 2.24) is 15.2 Å². The molecule has 1 aromatic heterocycles. The number of piperazine rings is 1. The number of amides is 1. The number of aromatic nitrogens is 1. The smallest absolute Gasteiger partial charge is 0.270 e. The van der Waals surface area contributed by atoms with Crippen LogP contribution in [-0.2, 0) is 0 Å². The van der Waals surface area contributed by atoms with Crippen molar-refractivity contribution in [2.45, 2.75) is 18.9 Å². The fraction of sp³-hybridized carbons (Fsp3) is 0.400. The molecule has 0 spiro atoms. The number of pyridine rings is 1. The lowest BCUT2D eigenvalue weighted by Gasteiger charge is -2.34. The van der Waals surface area contributed by atoms with Crippen LogP contribution in [0.4, 0.5) is 5.69 Å². The molecule has 1 amide bonds. The first-order valence-corrected chi connectivity index (χ1v) is 9.01. The molecule has 1 aromatic carbocycles. The first-order chi connectivity index (χ1) is 12.2. The number of nitrogens with zero attached hydrogens (tertiary/aromatic N) is 3. The molecule has 5 nitrogen and oxygen atoms in total. The van der Waals surface area contributed by atoms with Gasteiger partial charge in [-0.15, -0.1) is 0 Å². The second-order valence-corrected chi connectivity index (χ2v) is 6.99. The van der Waals surface area contributed by atoms with Gasteiger partial charge in [-0.3, -0.25) is 4.79 Å². The average Bonchev–Trinajstić information content (AvgIpc) is 3.47. The molecule has 5 heteroatoms. The Morgan fingerprint density at radius 3 is 2.44 bits per heavy atom. The Morgan fingerprint density at radius 2 is 1.76 bits per heavy atom. The minimum absolute atomic E-state index is 0.0709. The Balaban J connectivity index is 1.49. The Hall–Kier alpha value is -2.40. The molecule has 1 N–H and O–H groups in total. The van der Waals surface area contributed by atoms with Crippen molar-refractivity contribution in [3.8, 4) is 11.3 Å². The van der Waals surface area contributed by atoms with Crippen LogP contribution in [0.5, 0.6) is 0 Å². The number of carbonyl (C=O) groups is 1. The van der Waals surface area contributed by atoms with E-state index in [1.807, 2.05) is 12.1 Å². The lowest BCUT2D eigenvalue weighted by atomic mass is 10.1. The Bertz CT molecular complexity index is 747. The molecule has 1 aliphatic carbocycles. The predicted octanol–water partition coefficient (Wildman–Crippen LogP) is 2.39. The summed E-state index contributed by atoms with van der Waals surface area (Å²) >= 11 is 0. The van der Waals surface area contributed by atoms with E-state index in [2.05, 4.69) is 51.4 Å². The van der Waals surface area contributed by atoms with E-state index in [4.69, 9.17) is 0 Å². The summed E-state index contributed by atoms with van der Waals surface area (Å²) in [4.78, 5) is 21.5. The predicted molar refractivity (Wildman–Crippen MR) is 99.9 cm³/mol. The van der Waals surface area contributed by atoms with Gasteiger partial charge >= 0.3 is 0 Å². The van der Waals surface area contributed by atoms with E-state index in [9.17, 15) is 4.79 Å². The highest BCUT2D eigenvalue weighted by molar-refractivity contribution is 5.93. The van der Waals surface area contributed by atoms with E-state index < -0.39 is 0 Å². The number of hydrogen-bond donors (Lipinski definition) is 1. The molecule has 2 heterocycles. The minimum Gasteiger partial charge on any atom is -0.369 e. The molecule has 4 rings (SSSR count). The molecule has 1 saturated heterocycles. The van der Waals surface area contributed by atoms with Crippen LogP contribution in [0.1, 0.15) is 23.3 Å². The number of nitrogens with one attached hydrogen (secondary N) is 1. The highest BCUT2D eigenvalue weighted by Gasteiger charge is 2.24. The number of benzene rings is 1. The van der Waals surface area contributed by atoms with E-state index >= 15 is 0 Å². The van der Waals surface area contributed by atoms with Crippen molar-refractivity contribution < 1.29 is 4.79 Å². The monoisotopic (exact) mass is 336 g/mol. The third-order valence-corrected chi connectivity index (χ3v) is 4.93. The van der Waals surface area contributed by atoms with Gasteiger partial charge in [0.05, 0.1) is 5.69 Å². The number of anilines is 1. The van der Waals surface area contributed by atoms with Crippen molar-refractivity contribution in [2.75, 3.05) is 38.1 Å². The number of rotatable bonds is 4. The Kier molecular flexibility index (Phi) is 4.40. The summed E-state index contributed by atoms with van der Waals surface area (Å²) in [5.41, 5.74) is 3.62. The van der Waals surface area contributed by atoms with Crippen molar-refractivity contribution in [3.05, 3.63) is 48.2 Å². The van der Waals surface area contributed by atoms with Crippen LogP contribution >= 0.6 is 0 Å². The summed E-state index contributed by atoms with van der Waals surface area (Å²) in [6.45, 7) is 4.32. The second-order valence-electron chi connectivity index (χ2n) is 6.99. The molecule has 130 valence electrons. The van der Waals surface area contributed by atoms with Crippen molar-refractivity contribution in [2.24, 2.45) is 0 Å². The standard InChI is InChI=1S/C20H24N4O/c1-23-11-13-24(14-12-23)17-9-5-15(6-10-17)18-3-2-4-19(22-18)20(25)21-16-7-8-16/h2-6,9-10,16H,7-8,11-14H2,1H3,(H,21,25). The largest absolute Gasteiger partial charge is 0.369 e. The molecule has 2 fully saturated rings. The summed E-state index contributed by atoms with van der Waals surface area (Å²) in [5, 5.41) is 2.99. The quantitative estimate of drug-likeness (QED) is 0.931. The van der Waals surface area contributed by atoms with Crippen LogP contribution in [0.15, 0.2) is 42.5 Å². The molecule has 2 aliphatic rings. The molecular formula is C20H24N4O. The number of hydrogen-bond acceptors (Lipinski definition) is 4. The van der Waals surface area contributed by atoms with Gasteiger partial charge in [-0.25, -0.2) is 4.98 Å². The van der Waals surface area contributed by atoms with Crippen molar-refractivity contribution in [1.29, 1.82) is 0 Å². The Labute approximate surface area is 148 Å². The molecule has 0 atom stereocenters. The maximum Gasteiger partial charge on any atom is 0.270 e. The van der Waals surface area contributed by atoms with Gasteiger partial charge < -0.3 is 15.1 Å². The highest BCUT2D eigenvalue weighted by Crippen LogP contribution is 2.23. The molecule has 0 unspecified atom stereocenters. The van der Waals surface area contributed by atoms with Gasteiger partial charge in [-0.05, 0) is 44.2 Å². The van der Waals surface area contributed by atoms with Gasteiger partial charge in [0.1, 0.15) is 5.69 Å². The molecule has 2 aromatic rings. The van der Waals surface area contributed by atoms with E-state index in [0.29, 0.717) is 11.7 Å². The molecule has 1 aliphatic heterocycles. The van der Waals surface area contributed by atoms with Crippen LogP contribution in [0.3, 0.4) is 0 Å². The summed E-state index contributed by atoms with van der Waals surface area (Å²) < 4.78 is 0. The van der Waals surface area contributed by atoms with Crippen LogP contribution in [-0.4, -0.2) is 55.1 Å². The minimum atomic E-state index is -0.0709. The molecule has 1 saturated carbocycles. The van der Waals surface area contributed by atoms with Crippen LogP contribution in [0.2, 0.25) is 0 Å². The van der Waals surface area contributed by atoms with Gasteiger partial charge in [0.2, 0.25) is 0 Å². The van der Waals surface area contributed by atoms with Gasteiger partial charge in [0.25, 0.3) is 5.91 Å². The first-order valence-electron chi connectivity index (χ1n) is 9.01. The SMILES string of the molecule is CN1CCN(c2ccc(-c3cccc(C(=O)NC4CC4)n3)cc2)CC1. The highest BCUT2D eigenvalue weighted by atomic mass is 16.2. The van der Waals surface area contributed by atoms with Crippen LogP contribution < -0.4 is 10.2 Å². The van der Waals surface area contributed by atoms with Gasteiger partial charge in [0, 0.05) is 43.5 Å². The summed E-state index contributed by atoms with van der Waals surface area (Å²) in [6.07, 6.45) is 2.17. The van der Waals surface area contributed by atoms with Gasteiger partial charge in [0.15, 0.2) is 0 Å². The third kappa shape index (κ3) is 3.82. The number of carbonyl (C=O) groups excluding carboxylic acids is 1. The van der Waals surface area contributed by atoms with E-state index in [1.54, 1.807) is 6.07 Å². The zero-order valence-corrected chi connectivity index (χ0v) is 14.6. The first kappa shape index (κ1) is 16.1. The topological polar surface area (TPSA) is 48.5 Å². The second kappa shape index (κ2) is 6.84. The molecule has 0 bridgehead atoms. The summed E-state index contributed by atoms with van der Waals surface area (Å²) in [7, 11) is 2.17. The maximum atomic E-state index is 12.2. The van der Waals surface area contributed by atoms with E-state index in [0.717, 1.165) is 50.3 Å². The van der Waals surface area contributed by atoms with E-state index in [-0.39, 0.29) is 5.91 Å².